The summed E-state index contributed by atoms with van der Waals surface area (Å²) in [4.78, 5) is 16.2. The quantitative estimate of drug-likeness (QED) is 0.799. The number of amides is 2. The number of benzene rings is 1. The second-order valence-corrected chi connectivity index (χ2v) is 5.22. The van der Waals surface area contributed by atoms with Crippen molar-refractivity contribution in [3.8, 4) is 0 Å². The SMILES string of the molecule is CN1CCCC(N(C)C(=O)Nc2ccc(N)cc2)C1. The number of hydrogen-bond acceptors (Lipinski definition) is 3. The molecule has 19 heavy (non-hydrogen) atoms. The molecule has 3 N–H and O–H groups in total. The third-order valence-corrected chi connectivity index (χ3v) is 3.63. The van der Waals surface area contributed by atoms with Gasteiger partial charge >= 0.3 is 6.03 Å². The number of anilines is 2. The Morgan fingerprint density at radius 1 is 1.42 bits per heavy atom. The molecule has 1 aromatic carbocycles. The first kappa shape index (κ1) is 13.7. The highest BCUT2D eigenvalue weighted by Gasteiger charge is 2.24. The zero-order valence-corrected chi connectivity index (χ0v) is 11.6. The molecule has 1 fully saturated rings. The number of urea groups is 1. The van der Waals surface area contributed by atoms with Crippen molar-refractivity contribution < 1.29 is 4.79 Å². The average molecular weight is 262 g/mol. The van der Waals surface area contributed by atoms with Crippen molar-refractivity contribution in [3.05, 3.63) is 24.3 Å². The fraction of sp³-hybridized carbons (Fsp3) is 0.500. The van der Waals surface area contributed by atoms with Crippen LogP contribution in [0.5, 0.6) is 0 Å². The molecule has 2 rings (SSSR count). The largest absolute Gasteiger partial charge is 0.399 e. The first-order valence-corrected chi connectivity index (χ1v) is 6.64. The molecule has 0 saturated carbocycles. The predicted octanol–water partition coefficient (Wildman–Crippen LogP) is 1.83. The van der Waals surface area contributed by atoms with Crippen LogP contribution >= 0.6 is 0 Å². The maximum atomic E-state index is 12.2. The zero-order valence-electron chi connectivity index (χ0n) is 11.6. The van der Waals surface area contributed by atoms with Crippen LogP contribution in [0, 0.1) is 0 Å². The molecule has 1 aliphatic heterocycles. The summed E-state index contributed by atoms with van der Waals surface area (Å²) in [6.07, 6.45) is 2.21. The van der Waals surface area contributed by atoms with Crippen LogP contribution in [0.2, 0.25) is 0 Å². The number of piperidine rings is 1. The number of nitrogens with zero attached hydrogens (tertiary/aromatic N) is 2. The normalized spacial score (nSPS) is 20.0. The number of hydrogen-bond donors (Lipinski definition) is 2. The minimum absolute atomic E-state index is 0.0647. The molecular weight excluding hydrogens is 240 g/mol. The third kappa shape index (κ3) is 3.61. The van der Waals surface area contributed by atoms with Crippen molar-refractivity contribution >= 4 is 17.4 Å². The molecule has 1 aromatic rings. The van der Waals surface area contributed by atoms with E-state index in [1.54, 1.807) is 17.0 Å². The summed E-state index contributed by atoms with van der Waals surface area (Å²) in [6, 6.07) is 7.41. The first-order chi connectivity index (χ1) is 9.06. The first-order valence-electron chi connectivity index (χ1n) is 6.64. The van der Waals surface area contributed by atoms with Gasteiger partial charge in [-0.3, -0.25) is 0 Å². The monoisotopic (exact) mass is 262 g/mol. The second-order valence-electron chi connectivity index (χ2n) is 5.22. The summed E-state index contributed by atoms with van der Waals surface area (Å²) in [5, 5.41) is 2.89. The van der Waals surface area contributed by atoms with E-state index in [0.29, 0.717) is 5.69 Å². The number of nitrogen functional groups attached to an aromatic ring is 1. The molecular formula is C14H22N4O. The zero-order chi connectivity index (χ0) is 13.8. The minimum atomic E-state index is -0.0647. The van der Waals surface area contributed by atoms with Gasteiger partial charge in [0.2, 0.25) is 0 Å². The van der Waals surface area contributed by atoms with Crippen molar-refractivity contribution in [3.63, 3.8) is 0 Å². The minimum Gasteiger partial charge on any atom is -0.399 e. The van der Waals surface area contributed by atoms with Crippen LogP contribution in [0.15, 0.2) is 24.3 Å². The average Bonchev–Trinajstić information content (AvgIpc) is 2.40. The number of likely N-dealkylation sites (tertiary alicyclic amines) is 1. The Bertz CT molecular complexity index is 432. The molecule has 0 radical (unpaired) electrons. The standard InChI is InChI=1S/C14H22N4O/c1-17-9-3-4-13(10-17)18(2)14(19)16-12-7-5-11(15)6-8-12/h5-8,13H,3-4,9-10,15H2,1-2H3,(H,16,19). The van der Waals surface area contributed by atoms with Gasteiger partial charge in [-0.15, -0.1) is 0 Å². The predicted molar refractivity (Wildman–Crippen MR) is 78.2 cm³/mol. The fourth-order valence-electron chi connectivity index (χ4n) is 2.40. The molecule has 1 atom stereocenters. The summed E-state index contributed by atoms with van der Waals surface area (Å²) >= 11 is 0. The lowest BCUT2D eigenvalue weighted by Crippen LogP contribution is -2.48. The smallest absolute Gasteiger partial charge is 0.321 e. The van der Waals surface area contributed by atoms with Gasteiger partial charge in [-0.25, -0.2) is 4.79 Å². The molecule has 1 heterocycles. The lowest BCUT2D eigenvalue weighted by Gasteiger charge is -2.35. The number of carbonyl (C=O) groups excluding carboxylic acids is 1. The van der Waals surface area contributed by atoms with E-state index in [1.165, 1.54) is 0 Å². The highest BCUT2D eigenvalue weighted by molar-refractivity contribution is 5.89. The van der Waals surface area contributed by atoms with E-state index >= 15 is 0 Å². The van der Waals surface area contributed by atoms with Crippen molar-refractivity contribution in [1.29, 1.82) is 0 Å². The van der Waals surface area contributed by atoms with Crippen LogP contribution < -0.4 is 11.1 Å². The maximum Gasteiger partial charge on any atom is 0.321 e. The van der Waals surface area contributed by atoms with Gasteiger partial charge in [0, 0.05) is 31.0 Å². The Hall–Kier alpha value is -1.75. The van der Waals surface area contributed by atoms with E-state index in [-0.39, 0.29) is 12.1 Å². The summed E-state index contributed by atoms with van der Waals surface area (Å²) in [7, 11) is 3.95. The van der Waals surface area contributed by atoms with Crippen LogP contribution in [0.25, 0.3) is 0 Å². The Kier molecular flexibility index (Phi) is 4.27. The molecule has 0 aromatic heterocycles. The van der Waals surface area contributed by atoms with Gasteiger partial charge < -0.3 is 20.9 Å². The van der Waals surface area contributed by atoms with Crippen molar-refractivity contribution in [2.45, 2.75) is 18.9 Å². The molecule has 0 aliphatic carbocycles. The topological polar surface area (TPSA) is 61.6 Å². The van der Waals surface area contributed by atoms with E-state index in [4.69, 9.17) is 5.73 Å². The van der Waals surface area contributed by atoms with Crippen molar-refractivity contribution in [2.24, 2.45) is 0 Å². The molecule has 0 bridgehead atoms. The van der Waals surface area contributed by atoms with Crippen molar-refractivity contribution in [1.82, 2.24) is 9.80 Å². The number of carbonyl (C=O) groups is 1. The molecule has 5 nitrogen and oxygen atoms in total. The van der Waals surface area contributed by atoms with E-state index < -0.39 is 0 Å². The van der Waals surface area contributed by atoms with Gasteiger partial charge in [0.15, 0.2) is 0 Å². The van der Waals surface area contributed by atoms with Gasteiger partial charge in [-0.05, 0) is 50.7 Å². The Balaban J connectivity index is 1.93. The van der Waals surface area contributed by atoms with E-state index in [9.17, 15) is 4.79 Å². The Morgan fingerprint density at radius 2 is 2.11 bits per heavy atom. The molecule has 1 saturated heterocycles. The molecule has 0 spiro atoms. The van der Waals surface area contributed by atoms with Gasteiger partial charge in [-0.1, -0.05) is 0 Å². The maximum absolute atomic E-state index is 12.2. The van der Waals surface area contributed by atoms with Gasteiger partial charge in [0.05, 0.1) is 0 Å². The third-order valence-electron chi connectivity index (χ3n) is 3.63. The molecule has 1 aliphatic rings. The Morgan fingerprint density at radius 3 is 2.74 bits per heavy atom. The van der Waals surface area contributed by atoms with Crippen molar-refractivity contribution in [2.75, 3.05) is 38.2 Å². The summed E-state index contributed by atoms with van der Waals surface area (Å²) in [5.74, 6) is 0. The van der Waals surface area contributed by atoms with Gasteiger partial charge in [-0.2, -0.15) is 0 Å². The van der Waals surface area contributed by atoms with Gasteiger partial charge in [0.25, 0.3) is 0 Å². The van der Waals surface area contributed by atoms with Gasteiger partial charge in [0.1, 0.15) is 0 Å². The second kappa shape index (κ2) is 5.93. The highest BCUT2D eigenvalue weighted by atomic mass is 16.2. The number of nitrogens with one attached hydrogen (secondary N) is 1. The Labute approximate surface area is 114 Å². The summed E-state index contributed by atoms with van der Waals surface area (Å²) < 4.78 is 0. The van der Waals surface area contributed by atoms with Crippen LogP contribution in [0.1, 0.15) is 12.8 Å². The number of likely N-dealkylation sites (N-methyl/N-ethyl adjacent to an activating group) is 2. The van der Waals surface area contributed by atoms with Crippen LogP contribution in [-0.4, -0.2) is 49.1 Å². The van der Waals surface area contributed by atoms with Crippen LogP contribution in [0.3, 0.4) is 0 Å². The van der Waals surface area contributed by atoms with Crippen LogP contribution in [-0.2, 0) is 0 Å². The lowest BCUT2D eigenvalue weighted by atomic mass is 10.1. The summed E-state index contributed by atoms with van der Waals surface area (Å²) in [5.41, 5.74) is 7.09. The number of rotatable bonds is 2. The van der Waals surface area contributed by atoms with E-state index in [2.05, 4.69) is 17.3 Å². The molecule has 1 unspecified atom stereocenters. The van der Waals surface area contributed by atoms with Crippen LogP contribution in [0.4, 0.5) is 16.2 Å². The highest BCUT2D eigenvalue weighted by Crippen LogP contribution is 2.16. The van der Waals surface area contributed by atoms with E-state index in [0.717, 1.165) is 31.6 Å². The van der Waals surface area contributed by atoms with E-state index in [1.807, 2.05) is 19.2 Å². The number of nitrogens with two attached hydrogens (primary N) is 1. The molecule has 5 heteroatoms. The molecule has 104 valence electrons. The summed E-state index contributed by atoms with van der Waals surface area (Å²) in [6.45, 7) is 2.05. The fourth-order valence-corrected chi connectivity index (χ4v) is 2.40. The lowest BCUT2D eigenvalue weighted by molar-refractivity contribution is 0.148. The molecule has 2 amide bonds.